The number of para-hydroxylation sites is 1. The Bertz CT molecular complexity index is 474. The summed E-state index contributed by atoms with van der Waals surface area (Å²) in [5.41, 5.74) is 5.88. The standard InChI is InChI=1S/C12H20N2O3S/c1-2-10(7-8-15)9-14-18(16,17)12-6-4-3-5-11(12)13/h3-6,10,14-15H,2,7-9,13H2,1H3. The van der Waals surface area contributed by atoms with Gasteiger partial charge in [-0.05, 0) is 24.5 Å². The summed E-state index contributed by atoms with van der Waals surface area (Å²) in [6.45, 7) is 2.34. The van der Waals surface area contributed by atoms with E-state index in [9.17, 15) is 8.42 Å². The maximum Gasteiger partial charge on any atom is 0.242 e. The first-order chi connectivity index (χ1) is 8.51. The van der Waals surface area contributed by atoms with Gasteiger partial charge in [0.05, 0.1) is 5.69 Å². The molecule has 0 aliphatic heterocycles. The van der Waals surface area contributed by atoms with Crippen LogP contribution in [0.5, 0.6) is 0 Å². The van der Waals surface area contributed by atoms with Crippen molar-refractivity contribution in [2.75, 3.05) is 18.9 Å². The van der Waals surface area contributed by atoms with E-state index < -0.39 is 10.0 Å². The first kappa shape index (κ1) is 14.9. The van der Waals surface area contributed by atoms with Crippen LogP contribution in [0, 0.1) is 5.92 Å². The summed E-state index contributed by atoms with van der Waals surface area (Å²) in [6, 6.07) is 6.36. The lowest BCUT2D eigenvalue weighted by molar-refractivity contribution is 0.254. The van der Waals surface area contributed by atoms with Crippen LogP contribution < -0.4 is 10.5 Å². The molecule has 0 saturated carbocycles. The molecule has 102 valence electrons. The number of nitrogens with two attached hydrogens (primary N) is 1. The van der Waals surface area contributed by atoms with Crippen LogP contribution in [0.15, 0.2) is 29.2 Å². The zero-order valence-corrected chi connectivity index (χ0v) is 11.3. The van der Waals surface area contributed by atoms with Crippen LogP contribution in [-0.4, -0.2) is 26.7 Å². The molecule has 0 aliphatic carbocycles. The Hall–Kier alpha value is -1.11. The van der Waals surface area contributed by atoms with Gasteiger partial charge in [-0.15, -0.1) is 0 Å². The van der Waals surface area contributed by atoms with Gasteiger partial charge >= 0.3 is 0 Å². The molecule has 6 heteroatoms. The number of benzene rings is 1. The van der Waals surface area contributed by atoms with E-state index >= 15 is 0 Å². The lowest BCUT2D eigenvalue weighted by atomic mass is 10.0. The van der Waals surface area contributed by atoms with Crippen molar-refractivity contribution < 1.29 is 13.5 Å². The molecule has 5 nitrogen and oxygen atoms in total. The predicted molar refractivity (Wildman–Crippen MR) is 71.5 cm³/mol. The Morgan fingerprint density at radius 2 is 2.06 bits per heavy atom. The van der Waals surface area contributed by atoms with Gasteiger partial charge in [0.1, 0.15) is 4.90 Å². The van der Waals surface area contributed by atoms with E-state index in [1.165, 1.54) is 6.07 Å². The number of aliphatic hydroxyl groups is 1. The monoisotopic (exact) mass is 272 g/mol. The summed E-state index contributed by atoms with van der Waals surface area (Å²) in [6.07, 6.45) is 1.40. The zero-order valence-electron chi connectivity index (χ0n) is 10.5. The van der Waals surface area contributed by atoms with E-state index in [0.717, 1.165) is 6.42 Å². The highest BCUT2D eigenvalue weighted by Gasteiger charge is 2.18. The Morgan fingerprint density at radius 3 is 2.61 bits per heavy atom. The fourth-order valence-electron chi connectivity index (χ4n) is 1.66. The SMILES string of the molecule is CCC(CCO)CNS(=O)(=O)c1ccccc1N. The van der Waals surface area contributed by atoms with E-state index in [-0.39, 0.29) is 23.1 Å². The van der Waals surface area contributed by atoms with Crippen molar-refractivity contribution in [3.8, 4) is 0 Å². The molecule has 0 aliphatic rings. The third kappa shape index (κ3) is 3.97. The summed E-state index contributed by atoms with van der Waals surface area (Å²) in [5, 5.41) is 8.86. The molecule has 0 heterocycles. The molecule has 1 aromatic rings. The van der Waals surface area contributed by atoms with Gasteiger partial charge < -0.3 is 10.8 Å². The average Bonchev–Trinajstić information content (AvgIpc) is 2.34. The second-order valence-corrected chi connectivity index (χ2v) is 5.91. The molecule has 0 fully saturated rings. The maximum absolute atomic E-state index is 12.0. The predicted octanol–water partition coefficient (Wildman–Crippen LogP) is 0.956. The number of aliphatic hydroxyl groups excluding tert-OH is 1. The largest absolute Gasteiger partial charge is 0.398 e. The highest BCUT2D eigenvalue weighted by Crippen LogP contribution is 2.17. The molecule has 0 bridgehead atoms. The number of rotatable bonds is 7. The molecule has 0 aromatic heterocycles. The van der Waals surface area contributed by atoms with Crippen molar-refractivity contribution in [1.82, 2.24) is 4.72 Å². The molecule has 0 saturated heterocycles. The van der Waals surface area contributed by atoms with E-state index in [1.54, 1.807) is 18.2 Å². The van der Waals surface area contributed by atoms with Crippen LogP contribution in [0.2, 0.25) is 0 Å². The molecular weight excluding hydrogens is 252 g/mol. The van der Waals surface area contributed by atoms with Gasteiger partial charge in [0.15, 0.2) is 0 Å². The molecule has 18 heavy (non-hydrogen) atoms. The average molecular weight is 272 g/mol. The number of nitrogen functional groups attached to an aromatic ring is 1. The molecule has 0 radical (unpaired) electrons. The fourth-order valence-corrected chi connectivity index (χ4v) is 2.91. The van der Waals surface area contributed by atoms with E-state index in [0.29, 0.717) is 13.0 Å². The Morgan fingerprint density at radius 1 is 1.39 bits per heavy atom. The van der Waals surface area contributed by atoms with Gasteiger partial charge in [-0.2, -0.15) is 0 Å². The van der Waals surface area contributed by atoms with Crippen molar-refractivity contribution in [2.24, 2.45) is 5.92 Å². The van der Waals surface area contributed by atoms with Gasteiger partial charge in [0.2, 0.25) is 10.0 Å². The summed E-state index contributed by atoms with van der Waals surface area (Å²) < 4.78 is 26.6. The minimum Gasteiger partial charge on any atom is -0.398 e. The van der Waals surface area contributed by atoms with Crippen molar-refractivity contribution in [2.45, 2.75) is 24.7 Å². The maximum atomic E-state index is 12.0. The van der Waals surface area contributed by atoms with Crippen LogP contribution in [0.1, 0.15) is 19.8 Å². The smallest absolute Gasteiger partial charge is 0.242 e. The normalized spacial score (nSPS) is 13.4. The van der Waals surface area contributed by atoms with Crippen molar-refractivity contribution in [3.63, 3.8) is 0 Å². The summed E-state index contributed by atoms with van der Waals surface area (Å²) in [7, 11) is -3.57. The molecule has 1 atom stereocenters. The van der Waals surface area contributed by atoms with Crippen LogP contribution in [-0.2, 0) is 10.0 Å². The van der Waals surface area contributed by atoms with E-state index in [4.69, 9.17) is 10.8 Å². The van der Waals surface area contributed by atoms with Gasteiger partial charge in [-0.1, -0.05) is 25.5 Å². The number of anilines is 1. The fraction of sp³-hybridized carbons (Fsp3) is 0.500. The Balaban J connectivity index is 2.74. The van der Waals surface area contributed by atoms with Gasteiger partial charge in [0.25, 0.3) is 0 Å². The summed E-state index contributed by atoms with van der Waals surface area (Å²) in [5.74, 6) is 0.134. The molecule has 0 amide bonds. The van der Waals surface area contributed by atoms with Crippen LogP contribution in [0.25, 0.3) is 0 Å². The number of hydrogen-bond donors (Lipinski definition) is 3. The molecule has 1 rings (SSSR count). The topological polar surface area (TPSA) is 92.4 Å². The summed E-state index contributed by atoms with van der Waals surface area (Å²) >= 11 is 0. The number of nitrogens with one attached hydrogen (secondary N) is 1. The van der Waals surface area contributed by atoms with Gasteiger partial charge in [0, 0.05) is 13.2 Å². The van der Waals surface area contributed by atoms with E-state index in [1.807, 2.05) is 6.92 Å². The quantitative estimate of drug-likeness (QED) is 0.644. The minimum absolute atomic E-state index is 0.0632. The highest BCUT2D eigenvalue weighted by atomic mass is 32.2. The Kier molecular flexibility index (Phi) is 5.58. The third-order valence-electron chi connectivity index (χ3n) is 2.89. The molecule has 1 aromatic carbocycles. The lowest BCUT2D eigenvalue weighted by Crippen LogP contribution is -2.30. The number of sulfonamides is 1. The first-order valence-corrected chi connectivity index (χ1v) is 7.44. The van der Waals surface area contributed by atoms with Gasteiger partial charge in [-0.25, -0.2) is 13.1 Å². The van der Waals surface area contributed by atoms with Crippen molar-refractivity contribution in [1.29, 1.82) is 0 Å². The lowest BCUT2D eigenvalue weighted by Gasteiger charge is -2.15. The van der Waals surface area contributed by atoms with Gasteiger partial charge in [-0.3, -0.25) is 0 Å². The second kappa shape index (κ2) is 6.72. The Labute approximate surface area is 108 Å². The van der Waals surface area contributed by atoms with Crippen LogP contribution >= 0.6 is 0 Å². The highest BCUT2D eigenvalue weighted by molar-refractivity contribution is 7.89. The first-order valence-electron chi connectivity index (χ1n) is 5.96. The van der Waals surface area contributed by atoms with Crippen molar-refractivity contribution >= 4 is 15.7 Å². The van der Waals surface area contributed by atoms with E-state index in [2.05, 4.69) is 4.72 Å². The molecule has 1 unspecified atom stereocenters. The molecule has 0 spiro atoms. The summed E-state index contributed by atoms with van der Waals surface area (Å²) in [4.78, 5) is 0.101. The molecular formula is C12H20N2O3S. The van der Waals surface area contributed by atoms with Crippen molar-refractivity contribution in [3.05, 3.63) is 24.3 Å². The minimum atomic E-state index is -3.57. The van der Waals surface area contributed by atoms with Crippen LogP contribution in [0.4, 0.5) is 5.69 Å². The number of hydrogen-bond acceptors (Lipinski definition) is 4. The molecule has 4 N–H and O–H groups in total. The van der Waals surface area contributed by atoms with Crippen LogP contribution in [0.3, 0.4) is 0 Å². The zero-order chi connectivity index (χ0) is 13.6. The third-order valence-corrected chi connectivity index (χ3v) is 4.38. The second-order valence-electron chi connectivity index (χ2n) is 4.18.